The standard InChI is InChI=1S/C7H6F3N3O4/c1-2-17-6(14)3-4(13(15)16)5(12-11-3)7(8,9)10/h2H2,1H3,(H,11,12). The van der Waals surface area contributed by atoms with Crippen LogP contribution in [-0.2, 0) is 10.9 Å². The van der Waals surface area contributed by atoms with Gasteiger partial charge in [0.1, 0.15) is 0 Å². The minimum absolute atomic E-state index is 0.135. The van der Waals surface area contributed by atoms with Gasteiger partial charge in [-0.1, -0.05) is 0 Å². The predicted octanol–water partition coefficient (Wildman–Crippen LogP) is 1.51. The summed E-state index contributed by atoms with van der Waals surface area (Å²) in [7, 11) is 0. The van der Waals surface area contributed by atoms with E-state index in [4.69, 9.17) is 0 Å². The third kappa shape index (κ3) is 2.52. The summed E-state index contributed by atoms with van der Waals surface area (Å²) in [6.45, 7) is 1.27. The molecule has 0 aliphatic carbocycles. The van der Waals surface area contributed by atoms with Crippen molar-refractivity contribution in [2.75, 3.05) is 6.61 Å². The van der Waals surface area contributed by atoms with Crippen molar-refractivity contribution in [2.24, 2.45) is 0 Å². The van der Waals surface area contributed by atoms with Gasteiger partial charge in [0, 0.05) is 0 Å². The number of nitrogens with one attached hydrogen (secondary N) is 1. The molecule has 1 N–H and O–H groups in total. The van der Waals surface area contributed by atoms with Gasteiger partial charge in [0.05, 0.1) is 11.5 Å². The molecule has 0 aromatic carbocycles. The average Bonchev–Trinajstić information content (AvgIpc) is 2.61. The first-order valence-electron chi connectivity index (χ1n) is 4.26. The zero-order chi connectivity index (χ0) is 13.2. The van der Waals surface area contributed by atoms with E-state index in [1.54, 1.807) is 0 Å². The molecule has 94 valence electrons. The van der Waals surface area contributed by atoms with Crippen molar-refractivity contribution < 1.29 is 27.6 Å². The summed E-state index contributed by atoms with van der Waals surface area (Å²) >= 11 is 0. The monoisotopic (exact) mass is 253 g/mol. The summed E-state index contributed by atoms with van der Waals surface area (Å²) in [5.41, 5.74) is -4.12. The highest BCUT2D eigenvalue weighted by atomic mass is 19.4. The summed E-state index contributed by atoms with van der Waals surface area (Å²) in [5, 5.41) is 14.9. The van der Waals surface area contributed by atoms with Gasteiger partial charge in [0.2, 0.25) is 11.4 Å². The van der Waals surface area contributed by atoms with Gasteiger partial charge in [-0.3, -0.25) is 15.2 Å². The molecule has 0 saturated carbocycles. The average molecular weight is 253 g/mol. The molecule has 0 aliphatic heterocycles. The number of hydrogen-bond acceptors (Lipinski definition) is 5. The van der Waals surface area contributed by atoms with E-state index in [9.17, 15) is 28.1 Å². The predicted molar refractivity (Wildman–Crippen MR) is 46.2 cm³/mol. The minimum atomic E-state index is -5.00. The zero-order valence-corrected chi connectivity index (χ0v) is 8.37. The van der Waals surface area contributed by atoms with Crippen LogP contribution in [0.2, 0.25) is 0 Å². The molecule has 0 fully saturated rings. The Morgan fingerprint density at radius 1 is 1.59 bits per heavy atom. The second kappa shape index (κ2) is 4.39. The van der Waals surface area contributed by atoms with Crippen molar-refractivity contribution in [1.29, 1.82) is 0 Å². The van der Waals surface area contributed by atoms with Gasteiger partial charge in [0.15, 0.2) is 0 Å². The van der Waals surface area contributed by atoms with Gasteiger partial charge < -0.3 is 4.74 Å². The third-order valence-electron chi connectivity index (χ3n) is 1.68. The van der Waals surface area contributed by atoms with Crippen LogP contribution in [0.3, 0.4) is 0 Å². The number of halogens is 3. The van der Waals surface area contributed by atoms with E-state index >= 15 is 0 Å². The van der Waals surface area contributed by atoms with E-state index in [1.807, 2.05) is 0 Å². The molecule has 0 unspecified atom stereocenters. The lowest BCUT2D eigenvalue weighted by Crippen LogP contribution is -2.11. The first-order chi connectivity index (χ1) is 7.79. The Labute approximate surface area is 91.7 Å². The number of nitro groups is 1. The quantitative estimate of drug-likeness (QED) is 0.500. The molecule has 1 heterocycles. The Kier molecular flexibility index (Phi) is 3.34. The third-order valence-corrected chi connectivity index (χ3v) is 1.68. The minimum Gasteiger partial charge on any atom is -0.461 e. The lowest BCUT2D eigenvalue weighted by Gasteiger charge is -2.01. The Morgan fingerprint density at radius 3 is 2.59 bits per heavy atom. The Bertz CT molecular complexity index is 454. The molecule has 17 heavy (non-hydrogen) atoms. The number of H-pyrrole nitrogens is 1. The molecule has 0 spiro atoms. The van der Waals surface area contributed by atoms with Gasteiger partial charge in [-0.05, 0) is 6.92 Å². The molecule has 0 bridgehead atoms. The lowest BCUT2D eigenvalue weighted by atomic mass is 10.3. The number of nitrogens with zero attached hydrogens (tertiary/aromatic N) is 2. The number of alkyl halides is 3. The van der Waals surface area contributed by atoms with Crippen LogP contribution in [0.25, 0.3) is 0 Å². The molecule has 10 heteroatoms. The lowest BCUT2D eigenvalue weighted by molar-refractivity contribution is -0.388. The van der Waals surface area contributed by atoms with Crippen LogP contribution in [0.5, 0.6) is 0 Å². The van der Waals surface area contributed by atoms with Gasteiger partial charge in [-0.15, -0.1) is 0 Å². The second-order valence-electron chi connectivity index (χ2n) is 2.77. The smallest absolute Gasteiger partial charge is 0.439 e. The summed E-state index contributed by atoms with van der Waals surface area (Å²) in [4.78, 5) is 20.3. The topological polar surface area (TPSA) is 98.1 Å². The van der Waals surface area contributed by atoms with Crippen LogP contribution in [0, 0.1) is 10.1 Å². The Hall–Kier alpha value is -2.13. The highest BCUT2D eigenvalue weighted by Gasteiger charge is 2.45. The molecular weight excluding hydrogens is 247 g/mol. The highest BCUT2D eigenvalue weighted by molar-refractivity contribution is 5.92. The normalized spacial score (nSPS) is 11.3. The maximum Gasteiger partial charge on any atom is 0.439 e. The molecule has 0 atom stereocenters. The zero-order valence-electron chi connectivity index (χ0n) is 8.37. The molecule has 7 nitrogen and oxygen atoms in total. The van der Waals surface area contributed by atoms with Crippen molar-refractivity contribution in [1.82, 2.24) is 10.2 Å². The molecule has 0 saturated heterocycles. The highest BCUT2D eigenvalue weighted by Crippen LogP contribution is 2.36. The maximum absolute atomic E-state index is 12.3. The van der Waals surface area contributed by atoms with Crippen LogP contribution in [0.15, 0.2) is 0 Å². The summed E-state index contributed by atoms with van der Waals surface area (Å²) in [6, 6.07) is 0. The number of carbonyl (C=O) groups is 1. The Balaban J connectivity index is 3.30. The van der Waals surface area contributed by atoms with Crippen LogP contribution in [0.4, 0.5) is 18.9 Å². The van der Waals surface area contributed by atoms with Gasteiger partial charge in [0.25, 0.3) is 0 Å². The van der Waals surface area contributed by atoms with E-state index in [1.165, 1.54) is 12.0 Å². The number of aromatic amines is 1. The van der Waals surface area contributed by atoms with E-state index in [0.29, 0.717) is 0 Å². The number of ether oxygens (including phenoxy) is 1. The van der Waals surface area contributed by atoms with Gasteiger partial charge in [-0.2, -0.15) is 18.3 Å². The maximum atomic E-state index is 12.3. The van der Waals surface area contributed by atoms with E-state index in [2.05, 4.69) is 9.84 Å². The van der Waals surface area contributed by atoms with Gasteiger partial charge in [-0.25, -0.2) is 4.79 Å². The van der Waals surface area contributed by atoms with Crippen LogP contribution >= 0.6 is 0 Å². The van der Waals surface area contributed by atoms with Crippen LogP contribution in [-0.4, -0.2) is 27.7 Å². The van der Waals surface area contributed by atoms with E-state index in [0.717, 1.165) is 0 Å². The number of hydrogen-bond donors (Lipinski definition) is 1. The summed E-state index contributed by atoms with van der Waals surface area (Å²) < 4.78 is 41.4. The second-order valence-corrected chi connectivity index (χ2v) is 2.77. The fourth-order valence-electron chi connectivity index (χ4n) is 1.05. The molecule has 0 aliphatic rings. The van der Waals surface area contributed by atoms with Crippen molar-refractivity contribution in [3.63, 3.8) is 0 Å². The molecular formula is C7H6F3N3O4. The first-order valence-corrected chi connectivity index (χ1v) is 4.26. The molecule has 1 aromatic heterocycles. The summed E-state index contributed by atoms with van der Waals surface area (Å²) in [5.74, 6) is -1.29. The molecule has 1 rings (SSSR count). The summed E-state index contributed by atoms with van der Waals surface area (Å²) in [6.07, 6.45) is -5.00. The van der Waals surface area contributed by atoms with Crippen molar-refractivity contribution in [3.8, 4) is 0 Å². The first kappa shape index (κ1) is 12.9. The van der Waals surface area contributed by atoms with Crippen molar-refractivity contribution in [2.45, 2.75) is 13.1 Å². The van der Waals surface area contributed by atoms with Crippen molar-refractivity contribution >= 4 is 11.7 Å². The fraction of sp³-hybridized carbons (Fsp3) is 0.429. The van der Waals surface area contributed by atoms with Gasteiger partial charge >= 0.3 is 17.8 Å². The molecule has 0 amide bonds. The number of carbonyl (C=O) groups excluding carboxylic acids is 1. The van der Waals surface area contributed by atoms with E-state index < -0.39 is 34.1 Å². The van der Waals surface area contributed by atoms with Crippen LogP contribution in [0.1, 0.15) is 23.1 Å². The van der Waals surface area contributed by atoms with Crippen LogP contribution < -0.4 is 0 Å². The molecule has 0 radical (unpaired) electrons. The number of aromatic nitrogens is 2. The number of rotatable bonds is 3. The SMILES string of the molecule is CCOC(=O)c1n[nH]c(C(F)(F)F)c1[N+](=O)[O-]. The number of esters is 1. The van der Waals surface area contributed by atoms with Crippen molar-refractivity contribution in [3.05, 3.63) is 21.5 Å². The Morgan fingerprint density at radius 2 is 2.18 bits per heavy atom. The van der Waals surface area contributed by atoms with E-state index in [-0.39, 0.29) is 6.61 Å². The fourth-order valence-corrected chi connectivity index (χ4v) is 1.05. The molecule has 1 aromatic rings. The largest absolute Gasteiger partial charge is 0.461 e.